The Morgan fingerprint density at radius 2 is 2.19 bits per heavy atom. The van der Waals surface area contributed by atoms with Gasteiger partial charge in [0.25, 0.3) is 5.91 Å². The summed E-state index contributed by atoms with van der Waals surface area (Å²) in [5.41, 5.74) is 0.994. The number of nitrogens with zero attached hydrogens (tertiary/aromatic N) is 2. The standard InChI is InChI=1S/C14H19N3O3S/c1-8(2)12-9-7-10(21-14(9)17(3)16-12)13(20)15-6-4-5-11(18)19/h7-8H,4-6H2,1-3H3,(H,15,20)(H,18,19). The minimum atomic E-state index is -0.848. The molecule has 0 fully saturated rings. The van der Waals surface area contributed by atoms with Crippen LogP contribution in [0, 0.1) is 0 Å². The highest BCUT2D eigenvalue weighted by molar-refractivity contribution is 7.20. The smallest absolute Gasteiger partial charge is 0.303 e. The lowest BCUT2D eigenvalue weighted by atomic mass is 10.1. The monoisotopic (exact) mass is 309 g/mol. The highest BCUT2D eigenvalue weighted by Crippen LogP contribution is 2.31. The molecule has 2 aromatic rings. The van der Waals surface area contributed by atoms with Crippen LogP contribution in [0.3, 0.4) is 0 Å². The van der Waals surface area contributed by atoms with Crippen molar-refractivity contribution >= 4 is 33.4 Å². The average molecular weight is 309 g/mol. The summed E-state index contributed by atoms with van der Waals surface area (Å²) in [6.07, 6.45) is 0.499. The largest absolute Gasteiger partial charge is 0.481 e. The molecule has 1 amide bonds. The predicted molar refractivity (Wildman–Crippen MR) is 81.9 cm³/mol. The molecular weight excluding hydrogens is 290 g/mol. The van der Waals surface area contributed by atoms with Crippen LogP contribution in [0.2, 0.25) is 0 Å². The second-order valence-electron chi connectivity index (χ2n) is 5.25. The molecule has 6 nitrogen and oxygen atoms in total. The van der Waals surface area contributed by atoms with Crippen molar-refractivity contribution in [3.63, 3.8) is 0 Å². The van der Waals surface area contributed by atoms with Gasteiger partial charge in [0.1, 0.15) is 4.83 Å². The lowest BCUT2D eigenvalue weighted by Gasteiger charge is -2.02. The Balaban J connectivity index is 2.10. The lowest BCUT2D eigenvalue weighted by Crippen LogP contribution is -2.24. The summed E-state index contributed by atoms with van der Waals surface area (Å²) < 4.78 is 1.80. The van der Waals surface area contributed by atoms with E-state index in [4.69, 9.17) is 5.11 Å². The molecule has 2 heterocycles. The summed E-state index contributed by atoms with van der Waals surface area (Å²) in [5, 5.41) is 16.8. The summed E-state index contributed by atoms with van der Waals surface area (Å²) in [4.78, 5) is 24.1. The van der Waals surface area contributed by atoms with E-state index in [2.05, 4.69) is 24.3 Å². The minimum Gasteiger partial charge on any atom is -0.481 e. The maximum absolute atomic E-state index is 12.1. The van der Waals surface area contributed by atoms with Gasteiger partial charge in [0, 0.05) is 25.4 Å². The fraction of sp³-hybridized carbons (Fsp3) is 0.500. The number of aromatic nitrogens is 2. The summed E-state index contributed by atoms with van der Waals surface area (Å²) in [6, 6.07) is 1.87. The van der Waals surface area contributed by atoms with Gasteiger partial charge < -0.3 is 10.4 Å². The van der Waals surface area contributed by atoms with Crippen LogP contribution in [-0.2, 0) is 11.8 Å². The van der Waals surface area contributed by atoms with Crippen LogP contribution >= 0.6 is 11.3 Å². The maximum atomic E-state index is 12.1. The average Bonchev–Trinajstić information content (AvgIpc) is 2.95. The third kappa shape index (κ3) is 3.41. The SMILES string of the molecule is CC(C)c1nn(C)c2sc(C(=O)NCCCC(=O)O)cc12. The third-order valence-corrected chi connectivity index (χ3v) is 4.36. The second-order valence-corrected chi connectivity index (χ2v) is 6.28. The molecule has 2 aromatic heterocycles. The van der Waals surface area contributed by atoms with Crippen molar-refractivity contribution < 1.29 is 14.7 Å². The van der Waals surface area contributed by atoms with Gasteiger partial charge in [-0.05, 0) is 18.4 Å². The number of aliphatic carboxylic acids is 1. The number of hydrogen-bond acceptors (Lipinski definition) is 4. The fourth-order valence-corrected chi connectivity index (χ4v) is 3.13. The molecule has 114 valence electrons. The molecule has 0 aliphatic rings. The predicted octanol–water partition coefficient (Wildman–Crippen LogP) is 2.35. The Hall–Kier alpha value is -1.89. The van der Waals surface area contributed by atoms with E-state index in [1.165, 1.54) is 11.3 Å². The van der Waals surface area contributed by atoms with E-state index in [9.17, 15) is 9.59 Å². The lowest BCUT2D eigenvalue weighted by molar-refractivity contribution is -0.137. The number of rotatable bonds is 6. The number of fused-ring (bicyclic) bond motifs is 1. The van der Waals surface area contributed by atoms with Gasteiger partial charge in [0.15, 0.2) is 0 Å². The number of carbonyl (C=O) groups excluding carboxylic acids is 1. The van der Waals surface area contributed by atoms with Crippen molar-refractivity contribution in [1.29, 1.82) is 0 Å². The quantitative estimate of drug-likeness (QED) is 0.802. The first-order valence-electron chi connectivity index (χ1n) is 6.86. The zero-order valence-electron chi connectivity index (χ0n) is 12.3. The van der Waals surface area contributed by atoms with Gasteiger partial charge in [-0.1, -0.05) is 13.8 Å². The third-order valence-electron chi connectivity index (χ3n) is 3.16. The number of hydrogen-bond donors (Lipinski definition) is 2. The van der Waals surface area contributed by atoms with E-state index >= 15 is 0 Å². The van der Waals surface area contributed by atoms with E-state index in [1.807, 2.05) is 13.1 Å². The van der Waals surface area contributed by atoms with Crippen molar-refractivity contribution in [2.45, 2.75) is 32.6 Å². The number of nitrogens with one attached hydrogen (secondary N) is 1. The Labute approximate surface area is 126 Å². The zero-order valence-corrected chi connectivity index (χ0v) is 13.2. The van der Waals surface area contributed by atoms with Crippen LogP contribution in [-0.4, -0.2) is 33.3 Å². The molecule has 0 radical (unpaired) electrons. The van der Waals surface area contributed by atoms with Gasteiger partial charge in [0.2, 0.25) is 0 Å². The highest BCUT2D eigenvalue weighted by atomic mass is 32.1. The van der Waals surface area contributed by atoms with Crippen LogP contribution < -0.4 is 5.32 Å². The van der Waals surface area contributed by atoms with Crippen molar-refractivity contribution in [2.75, 3.05) is 6.54 Å². The topological polar surface area (TPSA) is 84.2 Å². The van der Waals surface area contributed by atoms with Crippen molar-refractivity contribution in [2.24, 2.45) is 7.05 Å². The molecule has 0 unspecified atom stereocenters. The Bertz CT molecular complexity index is 672. The Morgan fingerprint density at radius 3 is 2.81 bits per heavy atom. The molecule has 21 heavy (non-hydrogen) atoms. The van der Waals surface area contributed by atoms with E-state index in [0.717, 1.165) is 15.9 Å². The van der Waals surface area contributed by atoms with E-state index in [1.54, 1.807) is 4.68 Å². The number of aryl methyl sites for hydroxylation is 1. The van der Waals surface area contributed by atoms with E-state index < -0.39 is 5.97 Å². The molecule has 7 heteroatoms. The molecule has 0 spiro atoms. The molecule has 0 atom stereocenters. The van der Waals surface area contributed by atoms with Gasteiger partial charge in [-0.3, -0.25) is 14.3 Å². The summed E-state index contributed by atoms with van der Waals surface area (Å²) >= 11 is 1.41. The normalized spacial score (nSPS) is 11.2. The fourth-order valence-electron chi connectivity index (χ4n) is 2.13. The van der Waals surface area contributed by atoms with Crippen LogP contribution in [0.5, 0.6) is 0 Å². The van der Waals surface area contributed by atoms with Crippen LogP contribution in [0.1, 0.15) is 48.0 Å². The van der Waals surface area contributed by atoms with Crippen molar-refractivity contribution in [1.82, 2.24) is 15.1 Å². The van der Waals surface area contributed by atoms with Gasteiger partial charge in [-0.15, -0.1) is 11.3 Å². The number of amides is 1. The van der Waals surface area contributed by atoms with Gasteiger partial charge in [0.05, 0.1) is 10.6 Å². The summed E-state index contributed by atoms with van der Waals surface area (Å²) in [6.45, 7) is 4.52. The Morgan fingerprint density at radius 1 is 1.48 bits per heavy atom. The van der Waals surface area contributed by atoms with Crippen LogP contribution in [0.4, 0.5) is 0 Å². The van der Waals surface area contributed by atoms with Gasteiger partial charge in [-0.2, -0.15) is 5.10 Å². The van der Waals surface area contributed by atoms with Gasteiger partial charge in [-0.25, -0.2) is 0 Å². The van der Waals surface area contributed by atoms with Crippen LogP contribution in [0.15, 0.2) is 6.07 Å². The zero-order chi connectivity index (χ0) is 15.6. The summed E-state index contributed by atoms with van der Waals surface area (Å²) in [7, 11) is 1.87. The minimum absolute atomic E-state index is 0.0636. The molecular formula is C14H19N3O3S. The van der Waals surface area contributed by atoms with Gasteiger partial charge >= 0.3 is 5.97 Å². The molecule has 0 bridgehead atoms. The maximum Gasteiger partial charge on any atom is 0.303 e. The first kappa shape index (κ1) is 15.5. The van der Waals surface area contributed by atoms with Crippen molar-refractivity contribution in [3.8, 4) is 0 Å². The molecule has 0 saturated carbocycles. The molecule has 0 aliphatic heterocycles. The number of carbonyl (C=O) groups is 2. The van der Waals surface area contributed by atoms with E-state index in [-0.39, 0.29) is 12.3 Å². The highest BCUT2D eigenvalue weighted by Gasteiger charge is 2.18. The molecule has 0 saturated heterocycles. The van der Waals surface area contributed by atoms with Crippen molar-refractivity contribution in [3.05, 3.63) is 16.6 Å². The summed E-state index contributed by atoms with van der Waals surface area (Å²) in [5.74, 6) is -0.704. The number of carboxylic acids is 1. The van der Waals surface area contributed by atoms with Crippen LogP contribution in [0.25, 0.3) is 10.2 Å². The molecule has 2 rings (SSSR count). The number of carboxylic acid groups (broad SMARTS) is 1. The molecule has 2 N–H and O–H groups in total. The second kappa shape index (κ2) is 6.26. The molecule has 0 aromatic carbocycles. The Kier molecular flexibility index (Phi) is 4.62. The number of thiophene rings is 1. The molecule has 0 aliphatic carbocycles. The van der Waals surface area contributed by atoms with E-state index in [0.29, 0.717) is 23.8 Å². The first-order valence-corrected chi connectivity index (χ1v) is 7.68. The first-order chi connectivity index (χ1) is 9.90.